The van der Waals surface area contributed by atoms with Crippen molar-refractivity contribution in [2.24, 2.45) is 0 Å². The quantitative estimate of drug-likeness (QED) is 0.686. The third kappa shape index (κ3) is 2.40. The zero-order chi connectivity index (χ0) is 14.9. The Hall–Kier alpha value is -1.86. The summed E-state index contributed by atoms with van der Waals surface area (Å²) in [5, 5.41) is 9.62. The van der Waals surface area contributed by atoms with Crippen LogP contribution in [0.15, 0.2) is 58.3 Å². The SMILES string of the molecule is Brc1ccccc1-c1nnc2n1CN(c1ccccn1)CS2. The van der Waals surface area contributed by atoms with Gasteiger partial charge in [0.1, 0.15) is 12.5 Å². The van der Waals surface area contributed by atoms with Gasteiger partial charge >= 0.3 is 0 Å². The molecule has 110 valence electrons. The number of hydrogen-bond donors (Lipinski definition) is 0. The van der Waals surface area contributed by atoms with Crippen LogP contribution in [0.1, 0.15) is 0 Å². The number of benzene rings is 1. The Balaban J connectivity index is 1.73. The highest BCUT2D eigenvalue weighted by Crippen LogP contribution is 2.33. The van der Waals surface area contributed by atoms with E-state index in [1.807, 2.05) is 48.7 Å². The van der Waals surface area contributed by atoms with Gasteiger partial charge in [-0.25, -0.2) is 4.98 Å². The maximum atomic E-state index is 4.43. The van der Waals surface area contributed by atoms with E-state index in [1.54, 1.807) is 11.8 Å². The topological polar surface area (TPSA) is 46.8 Å². The molecule has 0 atom stereocenters. The molecular formula is C15H12BrN5S. The average Bonchev–Trinajstić information content (AvgIpc) is 2.99. The van der Waals surface area contributed by atoms with Crippen molar-refractivity contribution in [1.29, 1.82) is 0 Å². The van der Waals surface area contributed by atoms with Crippen molar-refractivity contribution in [2.75, 3.05) is 10.8 Å². The number of halogens is 1. The molecule has 0 bridgehead atoms. The van der Waals surface area contributed by atoms with Crippen molar-refractivity contribution in [3.8, 4) is 11.4 Å². The molecule has 5 nitrogen and oxygen atoms in total. The molecule has 1 aliphatic rings. The van der Waals surface area contributed by atoms with E-state index in [1.165, 1.54) is 0 Å². The summed E-state index contributed by atoms with van der Waals surface area (Å²) in [6, 6.07) is 14.0. The van der Waals surface area contributed by atoms with Crippen LogP contribution in [0.2, 0.25) is 0 Å². The molecule has 22 heavy (non-hydrogen) atoms. The van der Waals surface area contributed by atoms with E-state index in [9.17, 15) is 0 Å². The Kier molecular flexibility index (Phi) is 3.59. The molecule has 0 spiro atoms. The molecule has 0 N–H and O–H groups in total. The molecule has 2 aromatic heterocycles. The largest absolute Gasteiger partial charge is 0.329 e. The highest BCUT2D eigenvalue weighted by Gasteiger charge is 2.23. The number of anilines is 1. The third-order valence-corrected chi connectivity index (χ3v) is 5.16. The molecule has 4 rings (SSSR count). The molecule has 7 heteroatoms. The summed E-state index contributed by atoms with van der Waals surface area (Å²) in [6.45, 7) is 0.697. The van der Waals surface area contributed by atoms with E-state index in [4.69, 9.17) is 0 Å². The van der Waals surface area contributed by atoms with Crippen LogP contribution in [-0.2, 0) is 6.67 Å². The normalized spacial score (nSPS) is 14.0. The Morgan fingerprint density at radius 2 is 1.91 bits per heavy atom. The van der Waals surface area contributed by atoms with Crippen LogP contribution >= 0.6 is 27.7 Å². The Morgan fingerprint density at radius 3 is 2.73 bits per heavy atom. The van der Waals surface area contributed by atoms with Gasteiger partial charge in [-0.1, -0.05) is 52.0 Å². The summed E-state index contributed by atoms with van der Waals surface area (Å²) in [5.74, 6) is 2.66. The molecule has 1 aliphatic heterocycles. The monoisotopic (exact) mass is 373 g/mol. The van der Waals surface area contributed by atoms with Crippen LogP contribution in [0.3, 0.4) is 0 Å². The van der Waals surface area contributed by atoms with Gasteiger partial charge in [-0.05, 0) is 18.2 Å². The molecule has 0 aliphatic carbocycles. The minimum absolute atomic E-state index is 0.697. The Morgan fingerprint density at radius 1 is 1.05 bits per heavy atom. The van der Waals surface area contributed by atoms with Gasteiger partial charge in [0.05, 0.1) is 5.88 Å². The predicted octanol–water partition coefficient (Wildman–Crippen LogP) is 3.63. The van der Waals surface area contributed by atoms with Gasteiger partial charge in [0.15, 0.2) is 11.0 Å². The van der Waals surface area contributed by atoms with Crippen LogP contribution in [-0.4, -0.2) is 25.6 Å². The second-order valence-electron chi connectivity index (χ2n) is 4.86. The number of hydrogen-bond acceptors (Lipinski definition) is 5. The number of nitrogens with zero attached hydrogens (tertiary/aromatic N) is 5. The van der Waals surface area contributed by atoms with E-state index in [-0.39, 0.29) is 0 Å². The number of rotatable bonds is 2. The molecule has 0 saturated heterocycles. The Labute approximate surface area is 140 Å². The maximum Gasteiger partial charge on any atom is 0.194 e. The zero-order valence-electron chi connectivity index (χ0n) is 11.6. The number of thioether (sulfide) groups is 1. The first kappa shape index (κ1) is 13.8. The fourth-order valence-corrected chi connectivity index (χ4v) is 3.74. The van der Waals surface area contributed by atoms with Gasteiger partial charge in [0, 0.05) is 16.2 Å². The number of fused-ring (bicyclic) bond motifs is 1. The van der Waals surface area contributed by atoms with E-state index in [0.717, 1.165) is 32.7 Å². The van der Waals surface area contributed by atoms with E-state index >= 15 is 0 Å². The van der Waals surface area contributed by atoms with Crippen molar-refractivity contribution in [2.45, 2.75) is 11.8 Å². The molecule has 3 aromatic rings. The van der Waals surface area contributed by atoms with Crippen LogP contribution < -0.4 is 4.90 Å². The minimum atomic E-state index is 0.697. The predicted molar refractivity (Wildman–Crippen MR) is 90.6 cm³/mol. The van der Waals surface area contributed by atoms with Crippen molar-refractivity contribution in [3.05, 3.63) is 53.1 Å². The molecular weight excluding hydrogens is 362 g/mol. The van der Waals surface area contributed by atoms with Gasteiger partial charge in [0.2, 0.25) is 0 Å². The lowest BCUT2D eigenvalue weighted by Gasteiger charge is -2.28. The molecule has 0 saturated carbocycles. The van der Waals surface area contributed by atoms with Crippen LogP contribution in [0.4, 0.5) is 5.82 Å². The molecule has 0 unspecified atom stereocenters. The summed E-state index contributed by atoms with van der Waals surface area (Å²) in [5.41, 5.74) is 1.05. The molecule has 0 amide bonds. The first-order chi connectivity index (χ1) is 10.8. The van der Waals surface area contributed by atoms with Crippen LogP contribution in [0, 0.1) is 0 Å². The standard InChI is InChI=1S/C15H12BrN5S/c16-12-6-2-1-5-11(12)14-18-19-15-21(14)9-20(10-22-15)13-7-3-4-8-17-13/h1-8H,9-10H2. The first-order valence-corrected chi connectivity index (χ1v) is 8.57. The fraction of sp³-hybridized carbons (Fsp3) is 0.133. The van der Waals surface area contributed by atoms with Gasteiger partial charge < -0.3 is 4.90 Å². The lowest BCUT2D eigenvalue weighted by atomic mass is 10.2. The molecule has 0 fully saturated rings. The number of aromatic nitrogens is 4. The zero-order valence-corrected chi connectivity index (χ0v) is 14.0. The highest BCUT2D eigenvalue weighted by atomic mass is 79.9. The van der Waals surface area contributed by atoms with Crippen LogP contribution in [0.5, 0.6) is 0 Å². The van der Waals surface area contributed by atoms with Gasteiger partial charge in [0.25, 0.3) is 0 Å². The fourth-order valence-electron chi connectivity index (χ4n) is 2.39. The summed E-state index contributed by atoms with van der Waals surface area (Å²) in [7, 11) is 0. The average molecular weight is 374 g/mol. The lowest BCUT2D eigenvalue weighted by molar-refractivity contribution is 0.603. The van der Waals surface area contributed by atoms with Crippen molar-refractivity contribution >= 4 is 33.5 Å². The lowest BCUT2D eigenvalue weighted by Crippen LogP contribution is -2.31. The van der Waals surface area contributed by atoms with Crippen molar-refractivity contribution in [3.63, 3.8) is 0 Å². The van der Waals surface area contributed by atoms with Crippen LogP contribution in [0.25, 0.3) is 11.4 Å². The highest BCUT2D eigenvalue weighted by molar-refractivity contribution is 9.10. The molecule has 3 heterocycles. The van der Waals surface area contributed by atoms with Crippen molar-refractivity contribution < 1.29 is 0 Å². The first-order valence-electron chi connectivity index (χ1n) is 6.80. The summed E-state index contributed by atoms with van der Waals surface area (Å²) < 4.78 is 3.15. The second-order valence-corrected chi connectivity index (χ2v) is 6.62. The third-order valence-electron chi connectivity index (χ3n) is 3.47. The van der Waals surface area contributed by atoms with E-state index < -0.39 is 0 Å². The maximum absolute atomic E-state index is 4.43. The Bertz CT molecular complexity index is 805. The summed E-state index contributed by atoms with van der Waals surface area (Å²) in [4.78, 5) is 6.64. The molecule has 1 aromatic carbocycles. The minimum Gasteiger partial charge on any atom is -0.329 e. The number of pyridine rings is 1. The summed E-state index contributed by atoms with van der Waals surface area (Å²) in [6.07, 6.45) is 1.82. The van der Waals surface area contributed by atoms with Gasteiger partial charge in [-0.2, -0.15) is 0 Å². The van der Waals surface area contributed by atoms with Gasteiger partial charge in [-0.3, -0.25) is 4.57 Å². The van der Waals surface area contributed by atoms with Gasteiger partial charge in [-0.15, -0.1) is 10.2 Å². The van der Waals surface area contributed by atoms with Crippen molar-refractivity contribution in [1.82, 2.24) is 19.7 Å². The smallest absolute Gasteiger partial charge is 0.194 e. The van der Waals surface area contributed by atoms with E-state index in [0.29, 0.717) is 6.67 Å². The van der Waals surface area contributed by atoms with E-state index in [2.05, 4.69) is 40.6 Å². The molecule has 0 radical (unpaired) electrons. The summed E-state index contributed by atoms with van der Waals surface area (Å²) >= 11 is 5.26. The second kappa shape index (κ2) is 5.73.